The normalized spacial score (nSPS) is 15.8. The van der Waals surface area contributed by atoms with E-state index in [9.17, 15) is 0 Å². The second-order valence-corrected chi connectivity index (χ2v) is 5.04. The van der Waals surface area contributed by atoms with Gasteiger partial charge in [-0.1, -0.05) is 44.4 Å². The highest BCUT2D eigenvalue weighted by atomic mass is 14.9. The number of hydrogen-bond acceptors (Lipinski definition) is 1. The number of nitrogens with one attached hydrogen (secondary N) is 1. The van der Waals surface area contributed by atoms with Crippen LogP contribution in [0.15, 0.2) is 35.2 Å². The molecule has 0 amide bonds. The summed E-state index contributed by atoms with van der Waals surface area (Å²) in [6.07, 6.45) is 10.8. The molecule has 0 radical (unpaired) electrons. The lowest BCUT2D eigenvalue weighted by Crippen LogP contribution is -2.14. The average molecular weight is 233 g/mol. The second kappa shape index (κ2) is 7.37. The van der Waals surface area contributed by atoms with Crippen LogP contribution in [-0.2, 0) is 0 Å². The van der Waals surface area contributed by atoms with Crippen molar-refractivity contribution in [2.24, 2.45) is 0 Å². The predicted octanol–water partition coefficient (Wildman–Crippen LogP) is 5.07. The van der Waals surface area contributed by atoms with Crippen LogP contribution in [0.1, 0.15) is 65.7 Å². The molecule has 0 aromatic rings. The fourth-order valence-corrected chi connectivity index (χ4v) is 2.32. The maximum Gasteiger partial charge on any atom is 0.0154 e. The molecule has 1 aliphatic rings. The molecule has 1 aliphatic carbocycles. The zero-order chi connectivity index (χ0) is 12.7. The Morgan fingerprint density at radius 2 is 2.06 bits per heavy atom. The third-order valence-electron chi connectivity index (χ3n) is 3.37. The summed E-state index contributed by atoms with van der Waals surface area (Å²) < 4.78 is 0. The Hall–Kier alpha value is -0.980. The van der Waals surface area contributed by atoms with Crippen molar-refractivity contribution < 1.29 is 0 Å². The van der Waals surface area contributed by atoms with Gasteiger partial charge in [-0.2, -0.15) is 0 Å². The molecule has 1 nitrogen and oxygen atoms in total. The van der Waals surface area contributed by atoms with Gasteiger partial charge in [0, 0.05) is 11.4 Å². The molecule has 1 N–H and O–H groups in total. The molecule has 1 rings (SSSR count). The molecule has 0 bridgehead atoms. The molecule has 0 aromatic heterocycles. The van der Waals surface area contributed by atoms with Crippen LogP contribution in [0.2, 0.25) is 0 Å². The lowest BCUT2D eigenvalue weighted by molar-refractivity contribution is 0.708. The highest BCUT2D eigenvalue weighted by Gasteiger charge is 2.10. The molecule has 0 saturated heterocycles. The lowest BCUT2D eigenvalue weighted by Gasteiger charge is -2.20. The molecular formula is C16H27N. The van der Waals surface area contributed by atoms with Crippen molar-refractivity contribution in [2.75, 3.05) is 0 Å². The van der Waals surface area contributed by atoms with Crippen molar-refractivity contribution in [1.82, 2.24) is 5.32 Å². The van der Waals surface area contributed by atoms with Gasteiger partial charge in [0.2, 0.25) is 0 Å². The zero-order valence-electron chi connectivity index (χ0n) is 11.7. The molecule has 0 fully saturated rings. The Morgan fingerprint density at radius 1 is 1.29 bits per heavy atom. The van der Waals surface area contributed by atoms with Crippen LogP contribution in [0.25, 0.3) is 0 Å². The second-order valence-electron chi connectivity index (χ2n) is 5.04. The van der Waals surface area contributed by atoms with Crippen molar-refractivity contribution in [3.8, 4) is 0 Å². The topological polar surface area (TPSA) is 12.0 Å². The van der Waals surface area contributed by atoms with Gasteiger partial charge in [-0.25, -0.2) is 0 Å². The minimum atomic E-state index is 1.10. The van der Waals surface area contributed by atoms with Crippen LogP contribution in [0, 0.1) is 0 Å². The summed E-state index contributed by atoms with van der Waals surface area (Å²) in [7, 11) is 0. The number of rotatable bonds is 7. The van der Waals surface area contributed by atoms with Gasteiger partial charge in [0.25, 0.3) is 0 Å². The van der Waals surface area contributed by atoms with Crippen molar-refractivity contribution in [2.45, 2.75) is 65.7 Å². The highest BCUT2D eigenvalue weighted by Crippen LogP contribution is 2.26. The van der Waals surface area contributed by atoms with Crippen molar-refractivity contribution in [3.05, 3.63) is 35.2 Å². The minimum Gasteiger partial charge on any atom is -0.363 e. The summed E-state index contributed by atoms with van der Waals surface area (Å²) in [4.78, 5) is 0. The maximum atomic E-state index is 4.10. The summed E-state index contributed by atoms with van der Waals surface area (Å²) in [5, 5.41) is 3.48. The standard InChI is InChI=1S/C16H27N/c1-5-7-9-14(4)17-16-11-10-15(8-6-2)13(3)12-16/h12,17H,4-11H2,1-3H3. The first-order valence-corrected chi connectivity index (χ1v) is 7.01. The summed E-state index contributed by atoms with van der Waals surface area (Å²) in [5.41, 5.74) is 5.62. The molecule has 0 heterocycles. The first-order valence-electron chi connectivity index (χ1n) is 7.01. The van der Waals surface area contributed by atoms with Gasteiger partial charge in [-0.3, -0.25) is 0 Å². The Morgan fingerprint density at radius 3 is 2.65 bits per heavy atom. The summed E-state index contributed by atoms with van der Waals surface area (Å²) >= 11 is 0. The Balaban J connectivity index is 2.51. The fourth-order valence-electron chi connectivity index (χ4n) is 2.32. The zero-order valence-corrected chi connectivity index (χ0v) is 11.7. The van der Waals surface area contributed by atoms with E-state index < -0.39 is 0 Å². The molecular weight excluding hydrogens is 206 g/mol. The monoisotopic (exact) mass is 233 g/mol. The smallest absolute Gasteiger partial charge is 0.0154 e. The van der Waals surface area contributed by atoms with Crippen molar-refractivity contribution >= 4 is 0 Å². The van der Waals surface area contributed by atoms with Crippen LogP contribution in [0.5, 0.6) is 0 Å². The van der Waals surface area contributed by atoms with Crippen molar-refractivity contribution in [1.29, 1.82) is 0 Å². The van der Waals surface area contributed by atoms with Crippen LogP contribution in [0.3, 0.4) is 0 Å². The van der Waals surface area contributed by atoms with E-state index in [-0.39, 0.29) is 0 Å². The van der Waals surface area contributed by atoms with Crippen LogP contribution < -0.4 is 5.32 Å². The third-order valence-corrected chi connectivity index (χ3v) is 3.37. The van der Waals surface area contributed by atoms with E-state index in [1.807, 2.05) is 0 Å². The highest BCUT2D eigenvalue weighted by molar-refractivity contribution is 5.32. The summed E-state index contributed by atoms with van der Waals surface area (Å²) in [5.74, 6) is 0. The van der Waals surface area contributed by atoms with E-state index in [1.165, 1.54) is 49.1 Å². The van der Waals surface area contributed by atoms with E-state index in [2.05, 4.69) is 38.7 Å². The Labute approximate surface area is 107 Å². The van der Waals surface area contributed by atoms with E-state index in [0.717, 1.165) is 12.8 Å². The number of hydrogen-bond donors (Lipinski definition) is 1. The Bertz CT molecular complexity index is 320. The lowest BCUT2D eigenvalue weighted by atomic mass is 9.93. The molecule has 0 spiro atoms. The molecule has 0 atom stereocenters. The molecule has 0 aliphatic heterocycles. The van der Waals surface area contributed by atoms with Gasteiger partial charge in [0.1, 0.15) is 0 Å². The predicted molar refractivity (Wildman–Crippen MR) is 76.7 cm³/mol. The van der Waals surface area contributed by atoms with Crippen LogP contribution in [0.4, 0.5) is 0 Å². The number of allylic oxidation sites excluding steroid dienone is 5. The van der Waals surface area contributed by atoms with Gasteiger partial charge in [-0.05, 0) is 45.1 Å². The molecule has 0 aromatic carbocycles. The first-order chi connectivity index (χ1) is 8.17. The third kappa shape index (κ3) is 4.80. The van der Waals surface area contributed by atoms with E-state index in [4.69, 9.17) is 0 Å². The maximum absolute atomic E-state index is 4.10. The van der Waals surface area contributed by atoms with Crippen molar-refractivity contribution in [3.63, 3.8) is 0 Å². The fraction of sp³-hybridized carbons (Fsp3) is 0.625. The van der Waals surface area contributed by atoms with Gasteiger partial charge in [-0.15, -0.1) is 0 Å². The van der Waals surface area contributed by atoms with E-state index >= 15 is 0 Å². The largest absolute Gasteiger partial charge is 0.363 e. The molecule has 0 saturated carbocycles. The van der Waals surface area contributed by atoms with Crippen LogP contribution >= 0.6 is 0 Å². The SMILES string of the molecule is C=C(CCCC)NC1=CC(C)=C(CCC)CC1. The Kier molecular flexibility index (Phi) is 6.10. The summed E-state index contributed by atoms with van der Waals surface area (Å²) in [6, 6.07) is 0. The molecule has 0 unspecified atom stereocenters. The van der Waals surface area contributed by atoms with Gasteiger partial charge < -0.3 is 5.32 Å². The van der Waals surface area contributed by atoms with E-state index in [1.54, 1.807) is 5.57 Å². The molecule has 17 heavy (non-hydrogen) atoms. The minimum absolute atomic E-state index is 1.10. The van der Waals surface area contributed by atoms with Gasteiger partial charge >= 0.3 is 0 Å². The van der Waals surface area contributed by atoms with Gasteiger partial charge in [0.05, 0.1) is 0 Å². The summed E-state index contributed by atoms with van der Waals surface area (Å²) in [6.45, 7) is 10.8. The average Bonchev–Trinajstić information content (AvgIpc) is 2.30. The van der Waals surface area contributed by atoms with E-state index in [0.29, 0.717) is 0 Å². The molecule has 1 heteroatoms. The number of unbranched alkanes of at least 4 members (excludes halogenated alkanes) is 1. The quantitative estimate of drug-likeness (QED) is 0.647. The van der Waals surface area contributed by atoms with Gasteiger partial charge in [0.15, 0.2) is 0 Å². The molecule has 96 valence electrons. The first kappa shape index (κ1) is 14.1. The van der Waals surface area contributed by atoms with Crippen LogP contribution in [-0.4, -0.2) is 0 Å².